The third-order valence-corrected chi connectivity index (χ3v) is 4.49. The van der Waals surface area contributed by atoms with E-state index in [1.165, 1.54) is 18.2 Å². The Balaban J connectivity index is 1.65. The number of pyridine rings is 1. The number of hydrogen-bond acceptors (Lipinski definition) is 3. The van der Waals surface area contributed by atoms with Crippen LogP contribution < -0.4 is 5.32 Å². The first kappa shape index (κ1) is 13.5. The Morgan fingerprint density at radius 3 is 2.91 bits per heavy atom. The molecule has 3 aromatic rings. The highest BCUT2D eigenvalue weighted by molar-refractivity contribution is 5.82. The number of nitrogens with one attached hydrogen (secondary N) is 1. The molecule has 0 amide bonds. The van der Waals surface area contributed by atoms with E-state index in [4.69, 9.17) is 0 Å². The number of piperidine rings is 1. The van der Waals surface area contributed by atoms with Crippen LogP contribution in [0.4, 0.5) is 0 Å². The minimum absolute atomic E-state index is 0.743. The topological polar surface area (TPSA) is 42.7 Å². The summed E-state index contributed by atoms with van der Waals surface area (Å²) < 4.78 is 2.29. The van der Waals surface area contributed by atoms with Crippen LogP contribution in [0.15, 0.2) is 48.9 Å². The van der Waals surface area contributed by atoms with Crippen molar-refractivity contribution >= 4 is 10.9 Å². The van der Waals surface area contributed by atoms with Crippen LogP contribution in [0.2, 0.25) is 0 Å². The quantitative estimate of drug-likeness (QED) is 0.806. The van der Waals surface area contributed by atoms with Gasteiger partial charge in [0.05, 0.1) is 5.52 Å². The minimum Gasteiger partial charge on any atom is -0.331 e. The summed E-state index contributed by atoms with van der Waals surface area (Å²) in [5.74, 6) is 1.79. The molecule has 0 spiro atoms. The number of hydrogen-bond donors (Lipinski definition) is 1. The second kappa shape index (κ2) is 5.89. The summed E-state index contributed by atoms with van der Waals surface area (Å²) in [6.45, 7) is 3.32. The number of imidazole rings is 1. The van der Waals surface area contributed by atoms with Gasteiger partial charge in [-0.05, 0) is 44.0 Å². The van der Waals surface area contributed by atoms with Gasteiger partial charge in [0.25, 0.3) is 0 Å². The van der Waals surface area contributed by atoms with E-state index in [1.807, 2.05) is 18.5 Å². The van der Waals surface area contributed by atoms with Gasteiger partial charge < -0.3 is 9.88 Å². The van der Waals surface area contributed by atoms with Crippen molar-refractivity contribution < 1.29 is 0 Å². The first-order valence-corrected chi connectivity index (χ1v) is 7.97. The van der Waals surface area contributed by atoms with E-state index in [-0.39, 0.29) is 0 Å². The zero-order valence-electron chi connectivity index (χ0n) is 12.6. The Morgan fingerprint density at radius 2 is 2.00 bits per heavy atom. The fraction of sp³-hybridized carbons (Fsp3) is 0.333. The third kappa shape index (κ3) is 2.62. The summed E-state index contributed by atoms with van der Waals surface area (Å²) in [4.78, 5) is 9.03. The van der Waals surface area contributed by atoms with E-state index >= 15 is 0 Å². The van der Waals surface area contributed by atoms with E-state index < -0.39 is 0 Å². The fourth-order valence-electron chi connectivity index (χ4n) is 3.26. The van der Waals surface area contributed by atoms with Gasteiger partial charge in [0, 0.05) is 36.1 Å². The molecule has 1 saturated heterocycles. The molecule has 1 aromatic carbocycles. The van der Waals surface area contributed by atoms with Crippen molar-refractivity contribution in [3.63, 3.8) is 0 Å². The molecule has 1 fully saturated rings. The highest BCUT2D eigenvalue weighted by Gasteiger charge is 2.15. The van der Waals surface area contributed by atoms with Crippen LogP contribution in [0, 0.1) is 5.92 Å². The van der Waals surface area contributed by atoms with Gasteiger partial charge in [0.1, 0.15) is 5.82 Å². The first-order valence-electron chi connectivity index (χ1n) is 7.97. The van der Waals surface area contributed by atoms with Gasteiger partial charge in [-0.2, -0.15) is 0 Å². The van der Waals surface area contributed by atoms with E-state index in [0.29, 0.717) is 0 Å². The molecule has 4 rings (SSSR count). The van der Waals surface area contributed by atoms with Crippen LogP contribution in [-0.4, -0.2) is 27.6 Å². The van der Waals surface area contributed by atoms with Crippen molar-refractivity contribution in [3.8, 4) is 11.4 Å². The Morgan fingerprint density at radius 1 is 1.09 bits per heavy atom. The van der Waals surface area contributed by atoms with E-state index in [9.17, 15) is 0 Å². The summed E-state index contributed by atoms with van der Waals surface area (Å²) in [7, 11) is 0. The van der Waals surface area contributed by atoms with Gasteiger partial charge in [-0.25, -0.2) is 4.98 Å². The number of aromatic nitrogens is 3. The molecule has 1 N–H and O–H groups in total. The molecule has 2 aromatic heterocycles. The molecule has 0 unspecified atom stereocenters. The van der Waals surface area contributed by atoms with E-state index in [2.05, 4.69) is 50.3 Å². The first-order chi connectivity index (χ1) is 10.9. The molecule has 22 heavy (non-hydrogen) atoms. The smallest absolute Gasteiger partial charge is 0.139 e. The summed E-state index contributed by atoms with van der Waals surface area (Å²) in [5, 5.41) is 4.60. The Hall–Kier alpha value is -2.20. The Bertz CT molecular complexity index is 771. The molecule has 0 radical (unpaired) electrons. The van der Waals surface area contributed by atoms with Crippen molar-refractivity contribution in [2.75, 3.05) is 13.1 Å². The van der Waals surface area contributed by atoms with Crippen molar-refractivity contribution in [3.05, 3.63) is 48.9 Å². The summed E-state index contributed by atoms with van der Waals surface area (Å²) in [6, 6.07) is 10.5. The number of benzene rings is 1. The number of fused-ring (bicyclic) bond motifs is 1. The molecule has 0 saturated carbocycles. The third-order valence-electron chi connectivity index (χ3n) is 4.49. The van der Waals surface area contributed by atoms with Crippen LogP contribution in [0.5, 0.6) is 0 Å². The lowest BCUT2D eigenvalue weighted by molar-refractivity contribution is 0.334. The predicted octanol–water partition coefficient (Wildman–Crippen LogP) is 3.10. The van der Waals surface area contributed by atoms with E-state index in [1.54, 1.807) is 0 Å². The van der Waals surface area contributed by atoms with Crippen molar-refractivity contribution in [1.82, 2.24) is 19.9 Å². The van der Waals surface area contributed by atoms with Crippen molar-refractivity contribution in [1.29, 1.82) is 0 Å². The SMILES string of the molecule is c1cnc2cc(-c3nccn3CC3CCNCC3)ccc2c1. The van der Waals surface area contributed by atoms with Crippen LogP contribution in [-0.2, 0) is 6.54 Å². The standard InChI is InChI=1S/C18H20N4/c1-2-15-3-4-16(12-17(15)20-7-1)18-21-10-11-22(18)13-14-5-8-19-9-6-14/h1-4,7,10-12,14,19H,5-6,8-9,13H2. The van der Waals surface area contributed by atoms with Crippen LogP contribution in [0.3, 0.4) is 0 Å². The second-order valence-electron chi connectivity index (χ2n) is 6.01. The van der Waals surface area contributed by atoms with Crippen LogP contribution in [0.25, 0.3) is 22.3 Å². The number of nitrogens with zero attached hydrogens (tertiary/aromatic N) is 3. The Kier molecular flexibility index (Phi) is 3.60. The molecule has 1 aliphatic heterocycles. The monoisotopic (exact) mass is 292 g/mol. The zero-order chi connectivity index (χ0) is 14.8. The van der Waals surface area contributed by atoms with Gasteiger partial charge >= 0.3 is 0 Å². The van der Waals surface area contributed by atoms with Gasteiger partial charge in [-0.3, -0.25) is 4.98 Å². The molecular weight excluding hydrogens is 272 g/mol. The van der Waals surface area contributed by atoms with E-state index in [0.717, 1.165) is 42.5 Å². The zero-order valence-corrected chi connectivity index (χ0v) is 12.6. The van der Waals surface area contributed by atoms with Gasteiger partial charge in [0.15, 0.2) is 0 Å². The maximum absolute atomic E-state index is 4.58. The van der Waals surface area contributed by atoms with Crippen molar-refractivity contribution in [2.24, 2.45) is 5.92 Å². The average Bonchev–Trinajstić information content (AvgIpc) is 3.03. The molecule has 3 heterocycles. The molecule has 112 valence electrons. The molecular formula is C18H20N4. The lowest BCUT2D eigenvalue weighted by atomic mass is 9.98. The molecule has 1 aliphatic rings. The molecule has 0 bridgehead atoms. The van der Waals surface area contributed by atoms with Crippen LogP contribution >= 0.6 is 0 Å². The summed E-state index contributed by atoms with van der Waals surface area (Å²) in [6.07, 6.45) is 8.33. The number of rotatable bonds is 3. The maximum atomic E-state index is 4.58. The highest BCUT2D eigenvalue weighted by atomic mass is 15.1. The second-order valence-corrected chi connectivity index (χ2v) is 6.01. The maximum Gasteiger partial charge on any atom is 0.139 e. The Labute approximate surface area is 130 Å². The fourth-order valence-corrected chi connectivity index (χ4v) is 3.26. The summed E-state index contributed by atoms with van der Waals surface area (Å²) >= 11 is 0. The van der Waals surface area contributed by atoms with Gasteiger partial charge in [0.2, 0.25) is 0 Å². The van der Waals surface area contributed by atoms with Crippen LogP contribution in [0.1, 0.15) is 12.8 Å². The predicted molar refractivity (Wildman–Crippen MR) is 88.6 cm³/mol. The largest absolute Gasteiger partial charge is 0.331 e. The normalized spacial score (nSPS) is 16.2. The highest BCUT2D eigenvalue weighted by Crippen LogP contribution is 2.24. The minimum atomic E-state index is 0.743. The van der Waals surface area contributed by atoms with Crippen molar-refractivity contribution in [2.45, 2.75) is 19.4 Å². The van der Waals surface area contributed by atoms with Gasteiger partial charge in [-0.1, -0.05) is 18.2 Å². The molecule has 0 atom stereocenters. The molecule has 4 heteroatoms. The van der Waals surface area contributed by atoms with Gasteiger partial charge in [-0.15, -0.1) is 0 Å². The molecule has 4 nitrogen and oxygen atoms in total. The average molecular weight is 292 g/mol. The lowest BCUT2D eigenvalue weighted by Gasteiger charge is -2.23. The lowest BCUT2D eigenvalue weighted by Crippen LogP contribution is -2.29. The summed E-state index contributed by atoms with van der Waals surface area (Å²) in [5.41, 5.74) is 2.17. The molecule has 0 aliphatic carbocycles.